The standard InChI is InChI=1S/C68H44N2S2/c1-3-19-45(20-4-1)46-37-39-50(40-38-46)69(62-44-49-23-7-8-27-54(49)68-67(62)58-31-13-16-35-64(58)72-68)59-32-14-11-26-53(59)48-24-17-25-51(43-48)70(61-33-18-36-65-66(61)57-30-12-15-34-63(57)71-65)60-42-41-52(47-21-5-2-6-22-47)55-28-9-10-29-56(55)60/h1-44H. The third kappa shape index (κ3) is 7.06. The lowest BCUT2D eigenvalue weighted by Gasteiger charge is -2.30. The quantitative estimate of drug-likeness (QED) is 0.142. The molecule has 0 saturated heterocycles. The molecule has 2 nitrogen and oxygen atoms in total. The van der Waals surface area contributed by atoms with Gasteiger partial charge in [0.2, 0.25) is 0 Å². The van der Waals surface area contributed by atoms with E-state index in [0.29, 0.717) is 0 Å². The fraction of sp³-hybridized carbons (Fsp3) is 0. The van der Waals surface area contributed by atoms with Crippen molar-refractivity contribution in [2.75, 3.05) is 9.80 Å². The summed E-state index contributed by atoms with van der Waals surface area (Å²) in [5, 5.41) is 9.94. The van der Waals surface area contributed by atoms with Crippen LogP contribution in [0.1, 0.15) is 0 Å². The normalized spacial score (nSPS) is 11.6. The third-order valence-corrected chi connectivity index (χ3v) is 16.6. The molecule has 0 aliphatic rings. The van der Waals surface area contributed by atoms with Crippen LogP contribution in [0.2, 0.25) is 0 Å². The van der Waals surface area contributed by atoms with Gasteiger partial charge in [0.05, 0.1) is 22.7 Å². The summed E-state index contributed by atoms with van der Waals surface area (Å²) in [4.78, 5) is 5.02. The highest BCUT2D eigenvalue weighted by atomic mass is 32.1. The molecule has 0 fully saturated rings. The average Bonchev–Trinajstić information content (AvgIpc) is 4.04. The lowest BCUT2D eigenvalue weighted by Crippen LogP contribution is -2.12. The Kier molecular flexibility index (Phi) is 10.3. The Labute approximate surface area is 426 Å². The van der Waals surface area contributed by atoms with Crippen LogP contribution in [0.15, 0.2) is 267 Å². The second kappa shape index (κ2) is 17.6. The Bertz CT molecular complexity index is 4340. The van der Waals surface area contributed by atoms with Crippen molar-refractivity contribution >= 4 is 119 Å². The minimum atomic E-state index is 1.08. The maximum atomic E-state index is 2.51. The van der Waals surface area contributed by atoms with E-state index < -0.39 is 0 Å². The first kappa shape index (κ1) is 42.1. The van der Waals surface area contributed by atoms with Crippen LogP contribution >= 0.6 is 22.7 Å². The second-order valence-corrected chi connectivity index (χ2v) is 20.5. The van der Waals surface area contributed by atoms with Gasteiger partial charge in [-0.2, -0.15) is 0 Å². The Morgan fingerprint density at radius 1 is 0.250 bits per heavy atom. The predicted molar refractivity (Wildman–Crippen MR) is 313 cm³/mol. The monoisotopic (exact) mass is 952 g/mol. The van der Waals surface area contributed by atoms with Gasteiger partial charge in [-0.25, -0.2) is 0 Å². The topological polar surface area (TPSA) is 6.48 Å². The molecule has 12 aromatic carbocycles. The molecule has 2 heterocycles. The zero-order chi connectivity index (χ0) is 47.5. The first-order valence-corrected chi connectivity index (χ1v) is 26.1. The Morgan fingerprint density at radius 3 is 1.60 bits per heavy atom. The fourth-order valence-corrected chi connectivity index (χ4v) is 13.4. The summed E-state index contributed by atoms with van der Waals surface area (Å²) in [6, 6.07) is 98.1. The molecule has 72 heavy (non-hydrogen) atoms. The van der Waals surface area contributed by atoms with Gasteiger partial charge >= 0.3 is 0 Å². The number of anilines is 6. The number of thiophene rings is 2. The molecule has 2 aromatic heterocycles. The van der Waals surface area contributed by atoms with Crippen LogP contribution < -0.4 is 9.80 Å². The number of rotatable bonds is 9. The van der Waals surface area contributed by atoms with Gasteiger partial charge in [0.15, 0.2) is 0 Å². The number of nitrogens with zero attached hydrogens (tertiary/aromatic N) is 2. The lowest BCUT2D eigenvalue weighted by molar-refractivity contribution is 1.30. The van der Waals surface area contributed by atoms with E-state index in [2.05, 4.69) is 277 Å². The zero-order valence-electron chi connectivity index (χ0n) is 39.1. The van der Waals surface area contributed by atoms with E-state index in [0.717, 1.165) is 45.3 Å². The molecule has 0 amide bonds. The maximum Gasteiger partial charge on any atom is 0.0561 e. The summed E-state index contributed by atoms with van der Waals surface area (Å²) in [7, 11) is 0. The van der Waals surface area contributed by atoms with E-state index in [1.807, 2.05) is 22.7 Å². The van der Waals surface area contributed by atoms with Gasteiger partial charge in [-0.1, -0.05) is 200 Å². The number of benzene rings is 12. The van der Waals surface area contributed by atoms with E-state index >= 15 is 0 Å². The molecule has 0 N–H and O–H groups in total. The summed E-state index contributed by atoms with van der Waals surface area (Å²) < 4.78 is 5.13. The summed E-state index contributed by atoms with van der Waals surface area (Å²) in [5.74, 6) is 0. The number of fused-ring (bicyclic) bond motifs is 9. The highest BCUT2D eigenvalue weighted by Gasteiger charge is 2.25. The van der Waals surface area contributed by atoms with Crippen molar-refractivity contribution in [3.8, 4) is 33.4 Å². The van der Waals surface area contributed by atoms with Crippen LogP contribution in [-0.2, 0) is 0 Å². The van der Waals surface area contributed by atoms with Crippen LogP contribution in [0, 0.1) is 0 Å². The van der Waals surface area contributed by atoms with Gasteiger partial charge < -0.3 is 9.80 Å². The molecule has 0 atom stereocenters. The van der Waals surface area contributed by atoms with Crippen LogP contribution in [0.4, 0.5) is 34.1 Å². The average molecular weight is 953 g/mol. The van der Waals surface area contributed by atoms with Gasteiger partial charge in [-0.3, -0.25) is 0 Å². The van der Waals surface area contributed by atoms with Crippen LogP contribution in [0.25, 0.3) is 95.3 Å². The van der Waals surface area contributed by atoms with E-state index in [1.54, 1.807) is 0 Å². The molecule has 338 valence electrons. The highest BCUT2D eigenvalue weighted by molar-refractivity contribution is 7.27. The van der Waals surface area contributed by atoms with Crippen molar-refractivity contribution in [1.82, 2.24) is 0 Å². The van der Waals surface area contributed by atoms with Gasteiger partial charge in [-0.05, 0) is 111 Å². The van der Waals surface area contributed by atoms with Gasteiger partial charge in [0, 0.05) is 62.7 Å². The second-order valence-electron chi connectivity index (χ2n) is 18.4. The van der Waals surface area contributed by atoms with Crippen molar-refractivity contribution in [3.05, 3.63) is 267 Å². The summed E-state index contributed by atoms with van der Waals surface area (Å²) in [6.45, 7) is 0. The van der Waals surface area contributed by atoms with Crippen molar-refractivity contribution < 1.29 is 0 Å². The molecule has 14 rings (SSSR count). The number of para-hydroxylation sites is 1. The smallest absolute Gasteiger partial charge is 0.0561 e. The predicted octanol–water partition coefficient (Wildman–Crippen LogP) is 20.7. The summed E-state index contributed by atoms with van der Waals surface area (Å²) in [5.41, 5.74) is 13.8. The zero-order valence-corrected chi connectivity index (χ0v) is 40.7. The third-order valence-electron chi connectivity index (χ3n) is 14.2. The molecule has 0 unspecified atom stereocenters. The van der Waals surface area contributed by atoms with Crippen LogP contribution in [-0.4, -0.2) is 0 Å². The van der Waals surface area contributed by atoms with E-state index in [-0.39, 0.29) is 0 Å². The first-order valence-electron chi connectivity index (χ1n) is 24.5. The SMILES string of the molecule is c1ccc(-c2ccc(N(c3ccccc3-c3cccc(N(c4ccc(-c5ccccc5)c5ccccc45)c4cccc5sc6ccccc6c45)c3)c3cc4ccccc4c4sc5ccccc5c34)cc2)cc1. The van der Waals surface area contributed by atoms with Gasteiger partial charge in [0.25, 0.3) is 0 Å². The van der Waals surface area contributed by atoms with Crippen LogP contribution in [0.5, 0.6) is 0 Å². The Balaban J connectivity index is 1.01. The van der Waals surface area contributed by atoms with Crippen molar-refractivity contribution in [3.63, 3.8) is 0 Å². The largest absolute Gasteiger partial charge is 0.309 e. The molecule has 0 aliphatic heterocycles. The molecular formula is C68H44N2S2. The molecule has 4 heteroatoms. The van der Waals surface area contributed by atoms with Crippen molar-refractivity contribution in [1.29, 1.82) is 0 Å². The van der Waals surface area contributed by atoms with Crippen molar-refractivity contribution in [2.24, 2.45) is 0 Å². The molecule has 0 saturated carbocycles. The van der Waals surface area contributed by atoms with E-state index in [4.69, 9.17) is 0 Å². The number of hydrogen-bond donors (Lipinski definition) is 0. The fourth-order valence-electron chi connectivity index (χ4n) is 11.0. The lowest BCUT2D eigenvalue weighted by atomic mass is 9.95. The highest BCUT2D eigenvalue weighted by Crippen LogP contribution is 2.52. The minimum Gasteiger partial charge on any atom is -0.309 e. The summed E-state index contributed by atoms with van der Waals surface area (Å²) >= 11 is 3.74. The maximum absolute atomic E-state index is 2.51. The van der Waals surface area contributed by atoms with Crippen LogP contribution in [0.3, 0.4) is 0 Å². The van der Waals surface area contributed by atoms with Gasteiger partial charge in [-0.15, -0.1) is 22.7 Å². The van der Waals surface area contributed by atoms with E-state index in [9.17, 15) is 0 Å². The Morgan fingerprint density at radius 2 is 0.806 bits per heavy atom. The summed E-state index contributed by atoms with van der Waals surface area (Å²) in [6.07, 6.45) is 0. The molecule has 0 spiro atoms. The van der Waals surface area contributed by atoms with E-state index in [1.165, 1.54) is 84.1 Å². The molecular weight excluding hydrogens is 909 g/mol. The molecule has 0 bridgehead atoms. The molecule has 0 radical (unpaired) electrons. The number of hydrogen-bond acceptors (Lipinski definition) is 4. The van der Waals surface area contributed by atoms with Gasteiger partial charge in [0.1, 0.15) is 0 Å². The molecule has 0 aliphatic carbocycles. The first-order chi connectivity index (χ1) is 35.7. The van der Waals surface area contributed by atoms with Crippen molar-refractivity contribution in [2.45, 2.75) is 0 Å². The molecule has 14 aromatic rings. The minimum absolute atomic E-state index is 1.08. The Hall–Kier alpha value is -8.80.